The number of para-hydroxylation sites is 1. The predicted molar refractivity (Wildman–Crippen MR) is 97.5 cm³/mol. The summed E-state index contributed by atoms with van der Waals surface area (Å²) in [6.45, 7) is 2.71. The third-order valence-electron chi connectivity index (χ3n) is 3.85. The number of carbonyl (C=O) groups excluding carboxylic acids is 1. The van der Waals surface area contributed by atoms with Crippen LogP contribution < -0.4 is 10.1 Å². The Hall–Kier alpha value is -3.15. The highest BCUT2D eigenvalue weighted by Crippen LogP contribution is 2.19. The summed E-state index contributed by atoms with van der Waals surface area (Å²) in [7, 11) is 0. The molecule has 0 atom stereocenters. The molecule has 134 valence electrons. The van der Waals surface area contributed by atoms with Crippen LogP contribution in [0, 0.1) is 6.92 Å². The van der Waals surface area contributed by atoms with E-state index >= 15 is 0 Å². The highest BCUT2D eigenvalue weighted by Gasteiger charge is 2.11. The zero-order valence-corrected chi connectivity index (χ0v) is 14.6. The number of aromatic nitrogens is 2. The SMILES string of the molecule is Cc1ccccc1-c1noc(CNC(=O)CCCOc2ccccc2)n1. The van der Waals surface area contributed by atoms with Gasteiger partial charge in [0.15, 0.2) is 0 Å². The van der Waals surface area contributed by atoms with E-state index < -0.39 is 0 Å². The van der Waals surface area contributed by atoms with Gasteiger partial charge >= 0.3 is 0 Å². The van der Waals surface area contributed by atoms with Crippen molar-refractivity contribution in [3.05, 3.63) is 66.1 Å². The van der Waals surface area contributed by atoms with Crippen LogP contribution in [-0.4, -0.2) is 22.7 Å². The van der Waals surface area contributed by atoms with Gasteiger partial charge in [-0.2, -0.15) is 4.98 Å². The van der Waals surface area contributed by atoms with E-state index in [0.29, 0.717) is 31.2 Å². The van der Waals surface area contributed by atoms with E-state index in [0.717, 1.165) is 16.9 Å². The highest BCUT2D eigenvalue weighted by atomic mass is 16.5. The Morgan fingerprint density at radius 1 is 1.12 bits per heavy atom. The first-order valence-electron chi connectivity index (χ1n) is 8.55. The van der Waals surface area contributed by atoms with E-state index in [1.807, 2.05) is 61.5 Å². The first kappa shape index (κ1) is 17.7. The Balaban J connectivity index is 1.40. The Kier molecular flexibility index (Phi) is 5.98. The Labute approximate surface area is 152 Å². The van der Waals surface area contributed by atoms with Crippen molar-refractivity contribution in [3.63, 3.8) is 0 Å². The van der Waals surface area contributed by atoms with Gasteiger partial charge in [0.05, 0.1) is 13.2 Å². The lowest BCUT2D eigenvalue weighted by molar-refractivity contribution is -0.121. The smallest absolute Gasteiger partial charge is 0.246 e. The van der Waals surface area contributed by atoms with Gasteiger partial charge in [-0.05, 0) is 31.0 Å². The average Bonchev–Trinajstić information content (AvgIpc) is 3.13. The number of nitrogens with one attached hydrogen (secondary N) is 1. The molecule has 3 rings (SSSR count). The van der Waals surface area contributed by atoms with Crippen molar-refractivity contribution >= 4 is 5.91 Å². The molecular formula is C20H21N3O3. The molecule has 0 spiro atoms. The molecule has 0 aliphatic rings. The fourth-order valence-corrected chi connectivity index (χ4v) is 2.46. The first-order valence-corrected chi connectivity index (χ1v) is 8.55. The van der Waals surface area contributed by atoms with Gasteiger partial charge in [0, 0.05) is 12.0 Å². The Morgan fingerprint density at radius 2 is 1.88 bits per heavy atom. The molecule has 1 aromatic heterocycles. The van der Waals surface area contributed by atoms with Gasteiger partial charge < -0.3 is 14.6 Å². The third-order valence-corrected chi connectivity index (χ3v) is 3.85. The number of hydrogen-bond acceptors (Lipinski definition) is 5. The number of ether oxygens (including phenoxy) is 1. The van der Waals surface area contributed by atoms with Gasteiger partial charge in [0.2, 0.25) is 17.6 Å². The van der Waals surface area contributed by atoms with E-state index in [9.17, 15) is 4.79 Å². The van der Waals surface area contributed by atoms with Crippen LogP contribution in [0.2, 0.25) is 0 Å². The Bertz CT molecular complexity index is 846. The molecule has 0 saturated carbocycles. The maximum Gasteiger partial charge on any atom is 0.246 e. The van der Waals surface area contributed by atoms with Gasteiger partial charge in [-0.25, -0.2) is 0 Å². The van der Waals surface area contributed by atoms with Crippen molar-refractivity contribution in [2.24, 2.45) is 0 Å². The molecule has 0 fully saturated rings. The number of nitrogens with zero attached hydrogens (tertiary/aromatic N) is 2. The molecule has 1 heterocycles. The second-order valence-corrected chi connectivity index (χ2v) is 5.87. The van der Waals surface area contributed by atoms with Gasteiger partial charge in [0.1, 0.15) is 5.75 Å². The molecular weight excluding hydrogens is 330 g/mol. The minimum Gasteiger partial charge on any atom is -0.494 e. The minimum absolute atomic E-state index is 0.0719. The highest BCUT2D eigenvalue weighted by molar-refractivity contribution is 5.75. The van der Waals surface area contributed by atoms with E-state index in [2.05, 4.69) is 15.5 Å². The lowest BCUT2D eigenvalue weighted by Crippen LogP contribution is -2.23. The number of hydrogen-bond donors (Lipinski definition) is 1. The van der Waals surface area contributed by atoms with Crippen LogP contribution in [0.25, 0.3) is 11.4 Å². The molecule has 0 aliphatic heterocycles. The standard InChI is InChI=1S/C20H21N3O3/c1-15-8-5-6-11-17(15)20-22-19(26-23-20)14-21-18(24)12-7-13-25-16-9-3-2-4-10-16/h2-6,8-11H,7,12-14H2,1H3,(H,21,24). The normalized spacial score (nSPS) is 10.5. The maximum absolute atomic E-state index is 11.9. The van der Waals surface area contributed by atoms with Gasteiger partial charge in [0.25, 0.3) is 0 Å². The molecule has 6 heteroatoms. The van der Waals surface area contributed by atoms with E-state index in [1.54, 1.807) is 0 Å². The zero-order valence-electron chi connectivity index (χ0n) is 14.6. The summed E-state index contributed by atoms with van der Waals surface area (Å²) in [4.78, 5) is 16.2. The van der Waals surface area contributed by atoms with Gasteiger partial charge in [-0.15, -0.1) is 0 Å². The molecule has 2 aromatic carbocycles. The van der Waals surface area contributed by atoms with Gasteiger partial charge in [-0.3, -0.25) is 4.79 Å². The van der Waals surface area contributed by atoms with Crippen molar-refractivity contribution in [2.45, 2.75) is 26.3 Å². The molecule has 26 heavy (non-hydrogen) atoms. The first-order chi connectivity index (χ1) is 12.7. The fraction of sp³-hybridized carbons (Fsp3) is 0.250. The summed E-state index contributed by atoms with van der Waals surface area (Å²) >= 11 is 0. The third kappa shape index (κ3) is 4.92. The largest absolute Gasteiger partial charge is 0.494 e. The van der Waals surface area contributed by atoms with Crippen LogP contribution in [0.15, 0.2) is 59.1 Å². The lowest BCUT2D eigenvalue weighted by Gasteiger charge is -2.05. The number of rotatable bonds is 8. The topological polar surface area (TPSA) is 77.2 Å². The van der Waals surface area contributed by atoms with Crippen molar-refractivity contribution in [1.82, 2.24) is 15.5 Å². The van der Waals surface area contributed by atoms with E-state index in [4.69, 9.17) is 9.26 Å². The monoisotopic (exact) mass is 351 g/mol. The molecule has 0 bridgehead atoms. The van der Waals surface area contributed by atoms with Crippen molar-refractivity contribution in [2.75, 3.05) is 6.61 Å². The summed E-state index contributed by atoms with van der Waals surface area (Å²) < 4.78 is 10.8. The van der Waals surface area contributed by atoms with Crippen molar-refractivity contribution < 1.29 is 14.1 Å². The maximum atomic E-state index is 11.9. The minimum atomic E-state index is -0.0719. The molecule has 0 unspecified atom stereocenters. The number of carbonyl (C=O) groups is 1. The molecule has 0 aliphatic carbocycles. The summed E-state index contributed by atoms with van der Waals surface area (Å²) in [6, 6.07) is 17.4. The van der Waals surface area contributed by atoms with Crippen molar-refractivity contribution in [3.8, 4) is 17.1 Å². The molecule has 1 amide bonds. The molecule has 6 nitrogen and oxygen atoms in total. The van der Waals surface area contributed by atoms with Crippen LogP contribution >= 0.6 is 0 Å². The zero-order chi connectivity index (χ0) is 18.2. The second kappa shape index (κ2) is 8.80. The summed E-state index contributed by atoms with van der Waals surface area (Å²) in [5, 5.41) is 6.76. The van der Waals surface area contributed by atoms with E-state index in [1.165, 1.54) is 0 Å². The Morgan fingerprint density at radius 3 is 2.69 bits per heavy atom. The van der Waals surface area contributed by atoms with Crippen LogP contribution in [0.5, 0.6) is 5.75 Å². The van der Waals surface area contributed by atoms with Crippen LogP contribution in [0.3, 0.4) is 0 Å². The van der Waals surface area contributed by atoms with Crippen LogP contribution in [-0.2, 0) is 11.3 Å². The molecule has 0 saturated heterocycles. The number of benzene rings is 2. The quantitative estimate of drug-likeness (QED) is 0.628. The van der Waals surface area contributed by atoms with Crippen LogP contribution in [0.4, 0.5) is 0 Å². The average molecular weight is 351 g/mol. The number of amides is 1. The molecule has 0 radical (unpaired) electrons. The van der Waals surface area contributed by atoms with Gasteiger partial charge in [-0.1, -0.05) is 47.6 Å². The van der Waals surface area contributed by atoms with Crippen molar-refractivity contribution in [1.29, 1.82) is 0 Å². The molecule has 1 N–H and O–H groups in total. The predicted octanol–water partition coefficient (Wildman–Crippen LogP) is 3.52. The summed E-state index contributed by atoms with van der Waals surface area (Å²) in [5.41, 5.74) is 1.99. The van der Waals surface area contributed by atoms with Crippen LogP contribution in [0.1, 0.15) is 24.3 Å². The summed E-state index contributed by atoms with van der Waals surface area (Å²) in [6.07, 6.45) is 1.02. The van der Waals surface area contributed by atoms with E-state index in [-0.39, 0.29) is 12.5 Å². The second-order valence-electron chi connectivity index (χ2n) is 5.87. The lowest BCUT2D eigenvalue weighted by atomic mass is 10.1. The number of aryl methyl sites for hydroxylation is 1. The molecule has 3 aromatic rings. The fourth-order valence-electron chi connectivity index (χ4n) is 2.46. The summed E-state index contributed by atoms with van der Waals surface area (Å²) in [5.74, 6) is 1.65.